The van der Waals surface area contributed by atoms with E-state index in [-0.39, 0.29) is 23.5 Å². The Hall–Kier alpha value is -1.49. The van der Waals surface area contributed by atoms with Gasteiger partial charge in [0.1, 0.15) is 5.54 Å². The van der Waals surface area contributed by atoms with Gasteiger partial charge >= 0.3 is 6.03 Å². The fourth-order valence-corrected chi connectivity index (χ4v) is 6.51. The lowest BCUT2D eigenvalue weighted by Gasteiger charge is -2.36. The zero-order chi connectivity index (χ0) is 21.5. The summed E-state index contributed by atoms with van der Waals surface area (Å²) >= 11 is 3.32. The molecule has 10 heteroatoms. The molecule has 8 nitrogen and oxygen atoms in total. The van der Waals surface area contributed by atoms with Crippen molar-refractivity contribution < 1.29 is 18.0 Å². The number of amides is 3. The Bertz CT molecular complexity index is 938. The lowest BCUT2D eigenvalue weighted by atomic mass is 9.77. The number of nitrogens with one attached hydrogen (secondary N) is 1. The molecule has 164 valence electrons. The Morgan fingerprint density at radius 3 is 2.43 bits per heavy atom. The Labute approximate surface area is 185 Å². The summed E-state index contributed by atoms with van der Waals surface area (Å²) in [7, 11) is -3.57. The summed E-state index contributed by atoms with van der Waals surface area (Å²) in [5.41, 5.74) is -0.741. The third kappa shape index (κ3) is 4.02. The zero-order valence-electron chi connectivity index (χ0n) is 17.0. The van der Waals surface area contributed by atoms with Crippen LogP contribution in [0, 0.1) is 5.92 Å². The predicted molar refractivity (Wildman–Crippen MR) is 115 cm³/mol. The van der Waals surface area contributed by atoms with Gasteiger partial charge in [-0.15, -0.1) is 0 Å². The lowest BCUT2D eigenvalue weighted by Crippen LogP contribution is -2.53. The smallest absolute Gasteiger partial charge is 0.323 e. The first kappa shape index (κ1) is 21.7. The van der Waals surface area contributed by atoms with E-state index in [1.807, 2.05) is 4.90 Å². The maximum atomic E-state index is 13.0. The SMILES string of the molecule is CC1CCC2(CC1)NC(=O)N(CN1CCN(S(=O)(=O)c3cccc(Br)c3)CC1)C2=O. The van der Waals surface area contributed by atoms with Crippen molar-refractivity contribution in [2.24, 2.45) is 5.92 Å². The van der Waals surface area contributed by atoms with Crippen molar-refractivity contribution >= 4 is 37.9 Å². The maximum Gasteiger partial charge on any atom is 0.326 e. The molecule has 3 amide bonds. The first-order valence-electron chi connectivity index (χ1n) is 10.3. The van der Waals surface area contributed by atoms with Crippen molar-refractivity contribution in [1.29, 1.82) is 0 Å². The van der Waals surface area contributed by atoms with Crippen LogP contribution in [0.15, 0.2) is 33.6 Å². The van der Waals surface area contributed by atoms with Gasteiger partial charge < -0.3 is 5.32 Å². The van der Waals surface area contributed by atoms with Crippen molar-refractivity contribution in [2.75, 3.05) is 32.8 Å². The van der Waals surface area contributed by atoms with E-state index < -0.39 is 15.6 Å². The van der Waals surface area contributed by atoms with E-state index in [9.17, 15) is 18.0 Å². The van der Waals surface area contributed by atoms with Crippen LogP contribution in [-0.4, -0.2) is 72.8 Å². The number of nitrogens with zero attached hydrogens (tertiary/aromatic N) is 3. The largest absolute Gasteiger partial charge is 0.326 e. The number of hydrogen-bond donors (Lipinski definition) is 1. The van der Waals surface area contributed by atoms with Gasteiger partial charge in [0, 0.05) is 30.7 Å². The molecule has 30 heavy (non-hydrogen) atoms. The second kappa shape index (κ2) is 8.22. The first-order valence-corrected chi connectivity index (χ1v) is 12.6. The van der Waals surface area contributed by atoms with Gasteiger partial charge in [-0.25, -0.2) is 18.1 Å². The Balaban J connectivity index is 1.37. The zero-order valence-corrected chi connectivity index (χ0v) is 19.4. The average molecular weight is 499 g/mol. The molecule has 3 aliphatic rings. The highest BCUT2D eigenvalue weighted by Gasteiger charge is 2.52. The molecule has 1 aliphatic carbocycles. The van der Waals surface area contributed by atoms with Crippen molar-refractivity contribution in [1.82, 2.24) is 19.4 Å². The Morgan fingerprint density at radius 1 is 1.13 bits per heavy atom. The fourth-order valence-electron chi connectivity index (χ4n) is 4.49. The minimum atomic E-state index is -3.57. The monoisotopic (exact) mass is 498 g/mol. The molecule has 4 rings (SSSR count). The highest BCUT2D eigenvalue weighted by atomic mass is 79.9. The molecular weight excluding hydrogens is 472 g/mol. The fraction of sp³-hybridized carbons (Fsp3) is 0.600. The van der Waals surface area contributed by atoms with Crippen LogP contribution in [0.2, 0.25) is 0 Å². The number of urea groups is 1. The predicted octanol–water partition coefficient (Wildman–Crippen LogP) is 2.21. The molecular formula is C20H27BrN4O4S. The first-order chi connectivity index (χ1) is 14.2. The van der Waals surface area contributed by atoms with Crippen LogP contribution in [0.3, 0.4) is 0 Å². The summed E-state index contributed by atoms with van der Waals surface area (Å²) in [6.45, 7) is 3.95. The molecule has 0 aromatic heterocycles. The average Bonchev–Trinajstić information content (AvgIpc) is 2.95. The van der Waals surface area contributed by atoms with Crippen molar-refractivity contribution in [2.45, 2.75) is 43.0 Å². The number of benzene rings is 1. The van der Waals surface area contributed by atoms with E-state index in [1.165, 1.54) is 9.21 Å². The molecule has 0 radical (unpaired) electrons. The molecule has 0 bridgehead atoms. The third-order valence-corrected chi connectivity index (χ3v) is 8.87. The second-order valence-corrected chi connectivity index (χ2v) is 11.4. The van der Waals surface area contributed by atoms with Crippen LogP contribution in [0.25, 0.3) is 0 Å². The molecule has 2 heterocycles. The van der Waals surface area contributed by atoms with Crippen LogP contribution >= 0.6 is 15.9 Å². The summed E-state index contributed by atoms with van der Waals surface area (Å²) in [5.74, 6) is 0.443. The molecule has 2 aliphatic heterocycles. The molecule has 0 unspecified atom stereocenters. The van der Waals surface area contributed by atoms with Crippen molar-refractivity contribution in [3.8, 4) is 0 Å². The molecule has 1 spiro atoms. The van der Waals surface area contributed by atoms with E-state index in [4.69, 9.17) is 0 Å². The van der Waals surface area contributed by atoms with Crippen molar-refractivity contribution in [3.05, 3.63) is 28.7 Å². The van der Waals surface area contributed by atoms with E-state index >= 15 is 0 Å². The third-order valence-electron chi connectivity index (χ3n) is 6.48. The molecule has 1 aromatic rings. The van der Waals surface area contributed by atoms with Gasteiger partial charge in [0.15, 0.2) is 0 Å². The molecule has 1 N–H and O–H groups in total. The summed E-state index contributed by atoms with van der Waals surface area (Å²) in [6, 6.07) is 6.34. The number of hydrogen-bond acceptors (Lipinski definition) is 5. The summed E-state index contributed by atoms with van der Waals surface area (Å²) in [4.78, 5) is 29.1. The topological polar surface area (TPSA) is 90.0 Å². The quantitative estimate of drug-likeness (QED) is 0.642. The Kier molecular flexibility index (Phi) is 5.95. The van der Waals surface area contributed by atoms with Gasteiger partial charge in [0.2, 0.25) is 10.0 Å². The van der Waals surface area contributed by atoms with Gasteiger partial charge in [-0.1, -0.05) is 28.9 Å². The lowest BCUT2D eigenvalue weighted by molar-refractivity contribution is -0.134. The number of carbonyl (C=O) groups is 2. The van der Waals surface area contributed by atoms with Gasteiger partial charge in [-0.2, -0.15) is 4.31 Å². The van der Waals surface area contributed by atoms with Gasteiger partial charge in [0.05, 0.1) is 11.6 Å². The van der Waals surface area contributed by atoms with Gasteiger partial charge in [-0.05, 0) is 49.8 Å². The highest BCUT2D eigenvalue weighted by Crippen LogP contribution is 2.36. The van der Waals surface area contributed by atoms with Crippen LogP contribution < -0.4 is 5.32 Å². The van der Waals surface area contributed by atoms with Gasteiger partial charge in [-0.3, -0.25) is 9.69 Å². The van der Waals surface area contributed by atoms with E-state index in [1.54, 1.807) is 24.3 Å². The number of piperazine rings is 1. The number of imide groups is 1. The van der Waals surface area contributed by atoms with E-state index in [0.29, 0.717) is 49.4 Å². The van der Waals surface area contributed by atoms with E-state index in [0.717, 1.165) is 12.8 Å². The molecule has 2 saturated heterocycles. The van der Waals surface area contributed by atoms with Gasteiger partial charge in [0.25, 0.3) is 5.91 Å². The van der Waals surface area contributed by atoms with Crippen LogP contribution in [0.5, 0.6) is 0 Å². The molecule has 0 atom stereocenters. The molecule has 1 aromatic carbocycles. The number of carbonyl (C=O) groups excluding carboxylic acids is 2. The van der Waals surface area contributed by atoms with Crippen LogP contribution in [0.4, 0.5) is 4.79 Å². The van der Waals surface area contributed by atoms with Crippen LogP contribution in [-0.2, 0) is 14.8 Å². The molecule has 3 fully saturated rings. The van der Waals surface area contributed by atoms with E-state index in [2.05, 4.69) is 28.2 Å². The van der Waals surface area contributed by atoms with Crippen LogP contribution in [0.1, 0.15) is 32.6 Å². The maximum absolute atomic E-state index is 13.0. The normalized spacial score (nSPS) is 28.9. The Morgan fingerprint density at radius 2 is 1.80 bits per heavy atom. The standard InChI is InChI=1S/C20H27BrN4O4S/c1-15-5-7-20(8-6-15)18(26)25(19(27)22-20)14-23-9-11-24(12-10-23)30(28,29)17-4-2-3-16(21)13-17/h2-4,13,15H,5-12,14H2,1H3,(H,22,27). The summed E-state index contributed by atoms with van der Waals surface area (Å²) < 4.78 is 27.9. The summed E-state index contributed by atoms with van der Waals surface area (Å²) in [6.07, 6.45) is 3.25. The minimum absolute atomic E-state index is 0.136. The van der Waals surface area contributed by atoms with Crippen molar-refractivity contribution in [3.63, 3.8) is 0 Å². The molecule has 1 saturated carbocycles. The number of sulfonamides is 1. The summed E-state index contributed by atoms with van der Waals surface area (Å²) in [5, 5.41) is 2.94. The minimum Gasteiger partial charge on any atom is -0.323 e. The highest BCUT2D eigenvalue weighted by molar-refractivity contribution is 9.10. The number of rotatable bonds is 4. The second-order valence-electron chi connectivity index (χ2n) is 8.55. The number of halogens is 1.